The smallest absolute Gasteiger partial charge is 0.307 e. The van der Waals surface area contributed by atoms with Crippen LogP contribution in [0.15, 0.2) is 0 Å². The first kappa shape index (κ1) is 12.0. The minimum atomic E-state index is -0.832. The van der Waals surface area contributed by atoms with Gasteiger partial charge in [-0.25, -0.2) is 0 Å². The van der Waals surface area contributed by atoms with E-state index in [2.05, 4.69) is 0 Å². The van der Waals surface area contributed by atoms with Crippen LogP contribution < -0.4 is 0 Å². The van der Waals surface area contributed by atoms with Crippen molar-refractivity contribution < 1.29 is 14.7 Å². The number of rotatable bonds is 6. The molecule has 15 heavy (non-hydrogen) atoms. The van der Waals surface area contributed by atoms with Crippen molar-refractivity contribution in [3.63, 3.8) is 0 Å². The second-order valence-corrected chi connectivity index (χ2v) is 4.11. The van der Waals surface area contributed by atoms with Crippen molar-refractivity contribution in [3.8, 4) is 0 Å². The molecule has 0 spiro atoms. The molecule has 1 aliphatic carbocycles. The summed E-state index contributed by atoms with van der Waals surface area (Å²) < 4.78 is 0. The number of carboxylic acid groups (broad SMARTS) is 1. The minimum Gasteiger partial charge on any atom is -0.481 e. The molecule has 1 rings (SSSR count). The molecule has 0 bridgehead atoms. The standard InChI is InChI=1S/C11H19NO3/c1-3-5-12(6-4-2)10(13)8-7-9(8)11(14)15/h8-9H,3-7H2,1-2H3,(H,14,15)/t8-,9+/m1/s1. The van der Waals surface area contributed by atoms with Crippen LogP contribution in [-0.2, 0) is 9.59 Å². The second-order valence-electron chi connectivity index (χ2n) is 4.11. The molecule has 4 nitrogen and oxygen atoms in total. The highest BCUT2D eigenvalue weighted by Crippen LogP contribution is 2.40. The molecule has 0 aromatic carbocycles. The lowest BCUT2D eigenvalue weighted by Gasteiger charge is -2.21. The Morgan fingerprint density at radius 3 is 2.07 bits per heavy atom. The van der Waals surface area contributed by atoms with Crippen LogP contribution in [0.2, 0.25) is 0 Å². The molecule has 4 heteroatoms. The summed E-state index contributed by atoms with van der Waals surface area (Å²) in [5.41, 5.74) is 0. The molecule has 2 atom stereocenters. The Bertz CT molecular complexity index is 246. The van der Waals surface area contributed by atoms with Gasteiger partial charge in [0.2, 0.25) is 5.91 Å². The fourth-order valence-corrected chi connectivity index (χ4v) is 1.85. The summed E-state index contributed by atoms with van der Waals surface area (Å²) in [5.74, 6) is -1.47. The lowest BCUT2D eigenvalue weighted by atomic mass is 10.2. The monoisotopic (exact) mass is 213 g/mol. The van der Waals surface area contributed by atoms with Crippen LogP contribution >= 0.6 is 0 Å². The summed E-state index contributed by atoms with van der Waals surface area (Å²) in [7, 11) is 0. The van der Waals surface area contributed by atoms with E-state index in [1.807, 2.05) is 13.8 Å². The maximum absolute atomic E-state index is 11.9. The molecule has 86 valence electrons. The molecular weight excluding hydrogens is 194 g/mol. The van der Waals surface area contributed by atoms with Gasteiger partial charge in [-0.15, -0.1) is 0 Å². The Balaban J connectivity index is 2.47. The predicted octanol–water partition coefficient (Wildman–Crippen LogP) is 1.36. The zero-order valence-electron chi connectivity index (χ0n) is 9.40. The van der Waals surface area contributed by atoms with Crippen LogP contribution in [0.1, 0.15) is 33.1 Å². The topological polar surface area (TPSA) is 57.6 Å². The molecule has 1 saturated carbocycles. The number of nitrogens with zero attached hydrogens (tertiary/aromatic N) is 1. The number of hydrogen-bond donors (Lipinski definition) is 1. The van der Waals surface area contributed by atoms with E-state index in [0.717, 1.165) is 25.9 Å². The van der Waals surface area contributed by atoms with Gasteiger partial charge in [-0.1, -0.05) is 13.8 Å². The molecule has 0 aliphatic heterocycles. The second kappa shape index (κ2) is 5.14. The van der Waals surface area contributed by atoms with Crippen molar-refractivity contribution in [3.05, 3.63) is 0 Å². The molecule has 0 radical (unpaired) electrons. The molecule has 1 aliphatic rings. The molecule has 1 N–H and O–H groups in total. The highest BCUT2D eigenvalue weighted by atomic mass is 16.4. The normalized spacial score (nSPS) is 23.6. The molecule has 1 amide bonds. The van der Waals surface area contributed by atoms with Gasteiger partial charge in [-0.05, 0) is 19.3 Å². The van der Waals surface area contributed by atoms with E-state index in [-0.39, 0.29) is 11.8 Å². The Labute approximate surface area is 90.3 Å². The third-order valence-electron chi connectivity index (χ3n) is 2.72. The van der Waals surface area contributed by atoms with E-state index >= 15 is 0 Å². The van der Waals surface area contributed by atoms with Crippen LogP contribution in [0, 0.1) is 11.8 Å². The molecular formula is C11H19NO3. The summed E-state index contributed by atoms with van der Waals surface area (Å²) in [5, 5.41) is 8.74. The van der Waals surface area contributed by atoms with E-state index < -0.39 is 11.9 Å². The quantitative estimate of drug-likeness (QED) is 0.724. The zero-order valence-corrected chi connectivity index (χ0v) is 9.40. The first-order chi connectivity index (χ1) is 7.11. The number of carboxylic acids is 1. The van der Waals surface area contributed by atoms with Crippen LogP contribution in [-0.4, -0.2) is 35.0 Å². The van der Waals surface area contributed by atoms with E-state index in [4.69, 9.17) is 5.11 Å². The van der Waals surface area contributed by atoms with Gasteiger partial charge < -0.3 is 10.0 Å². The van der Waals surface area contributed by atoms with Crippen LogP contribution in [0.25, 0.3) is 0 Å². The molecule has 0 aromatic heterocycles. The predicted molar refractivity (Wildman–Crippen MR) is 56.4 cm³/mol. The molecule has 0 saturated heterocycles. The summed E-state index contributed by atoms with van der Waals surface area (Å²) >= 11 is 0. The van der Waals surface area contributed by atoms with E-state index in [9.17, 15) is 9.59 Å². The summed E-state index contributed by atoms with van der Waals surface area (Å²) in [6.07, 6.45) is 2.38. The van der Waals surface area contributed by atoms with Crippen molar-refractivity contribution in [2.45, 2.75) is 33.1 Å². The first-order valence-corrected chi connectivity index (χ1v) is 5.63. The van der Waals surface area contributed by atoms with Gasteiger partial charge in [0.05, 0.1) is 11.8 Å². The number of amides is 1. The summed E-state index contributed by atoms with van der Waals surface area (Å²) in [6.45, 7) is 5.54. The molecule has 1 fully saturated rings. The SMILES string of the molecule is CCCN(CCC)C(=O)[C@@H]1C[C@@H]1C(=O)O. The van der Waals surface area contributed by atoms with Gasteiger partial charge in [-0.2, -0.15) is 0 Å². The van der Waals surface area contributed by atoms with Crippen LogP contribution in [0.3, 0.4) is 0 Å². The Morgan fingerprint density at radius 1 is 1.20 bits per heavy atom. The summed E-state index contributed by atoms with van der Waals surface area (Å²) in [4.78, 5) is 24.3. The Morgan fingerprint density at radius 2 is 1.73 bits per heavy atom. The van der Waals surface area contributed by atoms with Crippen LogP contribution in [0.5, 0.6) is 0 Å². The Hall–Kier alpha value is -1.06. The van der Waals surface area contributed by atoms with E-state index in [1.165, 1.54) is 0 Å². The highest BCUT2D eigenvalue weighted by molar-refractivity contribution is 5.89. The van der Waals surface area contributed by atoms with E-state index in [0.29, 0.717) is 6.42 Å². The van der Waals surface area contributed by atoms with Crippen molar-refractivity contribution >= 4 is 11.9 Å². The zero-order chi connectivity index (χ0) is 11.4. The van der Waals surface area contributed by atoms with Crippen molar-refractivity contribution in [1.29, 1.82) is 0 Å². The van der Waals surface area contributed by atoms with Gasteiger partial charge >= 0.3 is 5.97 Å². The third-order valence-corrected chi connectivity index (χ3v) is 2.72. The fourth-order valence-electron chi connectivity index (χ4n) is 1.85. The van der Waals surface area contributed by atoms with Gasteiger partial charge in [-0.3, -0.25) is 9.59 Å². The van der Waals surface area contributed by atoms with Crippen LogP contribution in [0.4, 0.5) is 0 Å². The number of aliphatic carboxylic acids is 1. The molecule has 0 unspecified atom stereocenters. The highest BCUT2D eigenvalue weighted by Gasteiger charge is 2.49. The van der Waals surface area contributed by atoms with Gasteiger partial charge in [0.1, 0.15) is 0 Å². The average molecular weight is 213 g/mol. The molecule has 0 aromatic rings. The van der Waals surface area contributed by atoms with Gasteiger partial charge in [0.25, 0.3) is 0 Å². The maximum Gasteiger partial charge on any atom is 0.307 e. The maximum atomic E-state index is 11.9. The number of hydrogen-bond acceptors (Lipinski definition) is 2. The van der Waals surface area contributed by atoms with Crippen molar-refractivity contribution in [1.82, 2.24) is 4.90 Å². The average Bonchev–Trinajstić information content (AvgIpc) is 2.96. The third kappa shape index (κ3) is 2.94. The van der Waals surface area contributed by atoms with Gasteiger partial charge in [0, 0.05) is 13.1 Å². The molecule has 0 heterocycles. The largest absolute Gasteiger partial charge is 0.481 e. The lowest BCUT2D eigenvalue weighted by Crippen LogP contribution is -2.34. The fraction of sp³-hybridized carbons (Fsp3) is 0.818. The first-order valence-electron chi connectivity index (χ1n) is 5.63. The minimum absolute atomic E-state index is 0.0334. The van der Waals surface area contributed by atoms with Crippen molar-refractivity contribution in [2.24, 2.45) is 11.8 Å². The Kier molecular flexibility index (Phi) is 4.12. The van der Waals surface area contributed by atoms with Crippen molar-refractivity contribution in [2.75, 3.05) is 13.1 Å². The lowest BCUT2D eigenvalue weighted by molar-refractivity contribution is -0.142. The van der Waals surface area contributed by atoms with Gasteiger partial charge in [0.15, 0.2) is 0 Å². The van der Waals surface area contributed by atoms with E-state index in [1.54, 1.807) is 4.90 Å². The number of carbonyl (C=O) groups excluding carboxylic acids is 1. The summed E-state index contributed by atoms with van der Waals surface area (Å²) in [6, 6.07) is 0. The number of carbonyl (C=O) groups is 2.